The molecule has 19 heavy (non-hydrogen) atoms. The molecule has 5 heteroatoms. The zero-order valence-electron chi connectivity index (χ0n) is 12.9. The van der Waals surface area contributed by atoms with E-state index in [0.717, 1.165) is 19.4 Å². The Balaban J connectivity index is 2.43. The number of likely N-dealkylation sites (tertiary alicyclic amines) is 1. The van der Waals surface area contributed by atoms with Crippen LogP contribution in [-0.2, 0) is 9.47 Å². The number of ether oxygens (including phenoxy) is 2. The van der Waals surface area contributed by atoms with Crippen LogP contribution in [0.15, 0.2) is 0 Å². The predicted molar refractivity (Wildman–Crippen MR) is 75.3 cm³/mol. The summed E-state index contributed by atoms with van der Waals surface area (Å²) in [5, 5.41) is 3.49. The number of amides is 1. The normalized spacial score (nSPS) is 22.2. The molecule has 1 fully saturated rings. The molecule has 1 heterocycles. The predicted octanol–water partition coefficient (Wildman–Crippen LogP) is 2.01. The number of carbonyl (C=O) groups excluding carboxylic acids is 1. The molecule has 0 aromatic heterocycles. The van der Waals surface area contributed by atoms with E-state index in [-0.39, 0.29) is 6.09 Å². The third-order valence-corrected chi connectivity index (χ3v) is 3.01. The summed E-state index contributed by atoms with van der Waals surface area (Å²) in [4.78, 5) is 13.8. The van der Waals surface area contributed by atoms with E-state index >= 15 is 0 Å². The van der Waals surface area contributed by atoms with Crippen LogP contribution in [-0.4, -0.2) is 55.5 Å². The minimum atomic E-state index is -0.430. The van der Waals surface area contributed by atoms with Gasteiger partial charge < -0.3 is 19.7 Å². The Hall–Kier alpha value is -0.810. The van der Waals surface area contributed by atoms with Crippen LogP contribution >= 0.6 is 0 Å². The Morgan fingerprint density at radius 1 is 1.47 bits per heavy atom. The van der Waals surface area contributed by atoms with Gasteiger partial charge in [-0.1, -0.05) is 0 Å². The van der Waals surface area contributed by atoms with Crippen molar-refractivity contribution >= 4 is 6.09 Å². The van der Waals surface area contributed by atoms with Crippen LogP contribution in [0, 0.1) is 0 Å². The minimum absolute atomic E-state index is 0.210. The van der Waals surface area contributed by atoms with E-state index < -0.39 is 5.60 Å². The van der Waals surface area contributed by atoms with E-state index in [1.165, 1.54) is 0 Å². The van der Waals surface area contributed by atoms with Gasteiger partial charge >= 0.3 is 6.09 Å². The van der Waals surface area contributed by atoms with Crippen LogP contribution in [0.1, 0.15) is 40.5 Å². The van der Waals surface area contributed by atoms with Gasteiger partial charge in [-0.05, 0) is 40.5 Å². The molecule has 0 bridgehead atoms. The molecule has 1 aliphatic rings. The summed E-state index contributed by atoms with van der Waals surface area (Å²) in [6, 6.07) is 0.625. The van der Waals surface area contributed by atoms with Gasteiger partial charge in [0.2, 0.25) is 0 Å². The molecule has 0 saturated carbocycles. The Morgan fingerprint density at radius 3 is 2.74 bits per heavy atom. The number of nitrogens with one attached hydrogen (secondary N) is 1. The van der Waals surface area contributed by atoms with Crippen molar-refractivity contribution in [2.75, 3.05) is 26.8 Å². The van der Waals surface area contributed by atoms with Gasteiger partial charge in [-0.2, -0.15) is 0 Å². The average molecular weight is 272 g/mol. The quantitative estimate of drug-likeness (QED) is 0.850. The van der Waals surface area contributed by atoms with Gasteiger partial charge in [0, 0.05) is 32.3 Å². The Bertz CT molecular complexity index is 289. The van der Waals surface area contributed by atoms with Crippen molar-refractivity contribution in [2.45, 2.75) is 58.2 Å². The SMILES string of the molecule is COC[C@@H](C)N[C@H]1CCCN(C(=O)OC(C)(C)C)C1. The standard InChI is InChI=1S/C14H28N2O3/c1-11(10-18-5)15-12-7-6-8-16(9-12)13(17)19-14(2,3)4/h11-12,15H,6-10H2,1-5H3/t11-,12+/m1/s1. The largest absolute Gasteiger partial charge is 0.444 e. The fraction of sp³-hybridized carbons (Fsp3) is 0.929. The molecule has 0 aromatic carbocycles. The van der Waals surface area contributed by atoms with Crippen LogP contribution in [0.3, 0.4) is 0 Å². The van der Waals surface area contributed by atoms with Crippen LogP contribution in [0.5, 0.6) is 0 Å². The smallest absolute Gasteiger partial charge is 0.410 e. The number of carbonyl (C=O) groups is 1. The number of methoxy groups -OCH3 is 1. The van der Waals surface area contributed by atoms with Gasteiger partial charge in [0.15, 0.2) is 0 Å². The summed E-state index contributed by atoms with van der Waals surface area (Å²) >= 11 is 0. The first-order valence-corrected chi connectivity index (χ1v) is 7.04. The fourth-order valence-electron chi connectivity index (χ4n) is 2.31. The molecule has 1 amide bonds. The zero-order valence-corrected chi connectivity index (χ0v) is 12.9. The van der Waals surface area contributed by atoms with Gasteiger partial charge in [-0.15, -0.1) is 0 Å². The number of hydrogen-bond donors (Lipinski definition) is 1. The van der Waals surface area contributed by atoms with Crippen LogP contribution in [0.25, 0.3) is 0 Å². The highest BCUT2D eigenvalue weighted by atomic mass is 16.6. The number of hydrogen-bond acceptors (Lipinski definition) is 4. The van der Waals surface area contributed by atoms with Crippen molar-refractivity contribution in [3.63, 3.8) is 0 Å². The fourth-order valence-corrected chi connectivity index (χ4v) is 2.31. The van der Waals surface area contributed by atoms with Crippen molar-refractivity contribution in [2.24, 2.45) is 0 Å². The molecule has 5 nitrogen and oxygen atoms in total. The second kappa shape index (κ2) is 7.10. The van der Waals surface area contributed by atoms with Crippen LogP contribution < -0.4 is 5.32 Å². The first-order chi connectivity index (χ1) is 8.81. The van der Waals surface area contributed by atoms with Crippen molar-refractivity contribution in [3.05, 3.63) is 0 Å². The van der Waals surface area contributed by atoms with Gasteiger partial charge in [-0.25, -0.2) is 4.79 Å². The summed E-state index contributed by atoms with van der Waals surface area (Å²) in [5.74, 6) is 0. The summed E-state index contributed by atoms with van der Waals surface area (Å²) < 4.78 is 10.5. The van der Waals surface area contributed by atoms with E-state index in [0.29, 0.717) is 25.2 Å². The Morgan fingerprint density at radius 2 is 2.16 bits per heavy atom. The molecule has 1 rings (SSSR count). The highest BCUT2D eigenvalue weighted by Gasteiger charge is 2.27. The second-order valence-electron chi connectivity index (χ2n) is 6.29. The highest BCUT2D eigenvalue weighted by Crippen LogP contribution is 2.15. The van der Waals surface area contributed by atoms with Crippen molar-refractivity contribution in [1.82, 2.24) is 10.2 Å². The molecule has 0 aromatic rings. The lowest BCUT2D eigenvalue weighted by Crippen LogP contribution is -2.51. The summed E-state index contributed by atoms with van der Waals surface area (Å²) in [6.07, 6.45) is 1.89. The molecule has 0 spiro atoms. The van der Waals surface area contributed by atoms with E-state index in [4.69, 9.17) is 9.47 Å². The number of piperidine rings is 1. The molecule has 0 unspecified atom stereocenters. The first kappa shape index (κ1) is 16.2. The maximum Gasteiger partial charge on any atom is 0.410 e. The Labute approximate surface area is 116 Å². The maximum atomic E-state index is 12.0. The molecule has 2 atom stereocenters. The lowest BCUT2D eigenvalue weighted by atomic mass is 10.1. The van der Waals surface area contributed by atoms with Gasteiger partial charge in [0.1, 0.15) is 5.60 Å². The number of rotatable bonds is 4. The van der Waals surface area contributed by atoms with E-state index in [9.17, 15) is 4.79 Å². The molecule has 112 valence electrons. The van der Waals surface area contributed by atoms with Crippen molar-refractivity contribution < 1.29 is 14.3 Å². The topological polar surface area (TPSA) is 50.8 Å². The van der Waals surface area contributed by atoms with E-state index in [2.05, 4.69) is 12.2 Å². The van der Waals surface area contributed by atoms with Crippen LogP contribution in [0.4, 0.5) is 4.79 Å². The molecule has 1 N–H and O–H groups in total. The lowest BCUT2D eigenvalue weighted by molar-refractivity contribution is 0.0179. The molecule has 0 radical (unpaired) electrons. The molecular formula is C14H28N2O3. The van der Waals surface area contributed by atoms with Crippen molar-refractivity contribution in [3.8, 4) is 0 Å². The lowest BCUT2D eigenvalue weighted by Gasteiger charge is -2.35. The van der Waals surface area contributed by atoms with E-state index in [1.807, 2.05) is 20.8 Å². The monoisotopic (exact) mass is 272 g/mol. The third-order valence-electron chi connectivity index (χ3n) is 3.01. The van der Waals surface area contributed by atoms with Gasteiger partial charge in [0.05, 0.1) is 6.61 Å². The molecule has 1 saturated heterocycles. The van der Waals surface area contributed by atoms with E-state index in [1.54, 1.807) is 12.0 Å². The number of nitrogens with zero attached hydrogens (tertiary/aromatic N) is 1. The second-order valence-corrected chi connectivity index (χ2v) is 6.29. The first-order valence-electron chi connectivity index (χ1n) is 7.04. The summed E-state index contributed by atoms with van der Waals surface area (Å²) in [5.41, 5.74) is -0.430. The van der Waals surface area contributed by atoms with Gasteiger partial charge in [-0.3, -0.25) is 0 Å². The van der Waals surface area contributed by atoms with Crippen LogP contribution in [0.2, 0.25) is 0 Å². The highest BCUT2D eigenvalue weighted by molar-refractivity contribution is 5.68. The maximum absolute atomic E-state index is 12.0. The average Bonchev–Trinajstić information content (AvgIpc) is 2.27. The Kier molecular flexibility index (Phi) is 6.07. The van der Waals surface area contributed by atoms with Crippen molar-refractivity contribution in [1.29, 1.82) is 0 Å². The summed E-state index contributed by atoms with van der Waals surface area (Å²) in [7, 11) is 1.70. The van der Waals surface area contributed by atoms with Gasteiger partial charge in [0.25, 0.3) is 0 Å². The molecular weight excluding hydrogens is 244 g/mol. The summed E-state index contributed by atoms with van der Waals surface area (Å²) in [6.45, 7) is 9.95. The zero-order chi connectivity index (χ0) is 14.5. The third kappa shape index (κ3) is 6.25. The molecule has 1 aliphatic heterocycles. The molecule has 0 aliphatic carbocycles. The minimum Gasteiger partial charge on any atom is -0.444 e.